The van der Waals surface area contributed by atoms with E-state index in [4.69, 9.17) is 0 Å². The van der Waals surface area contributed by atoms with Gasteiger partial charge in [0.25, 0.3) is 5.91 Å². The maximum Gasteiger partial charge on any atom is 0.283 e. The maximum absolute atomic E-state index is 13.1. The second-order valence-corrected chi connectivity index (χ2v) is 6.91. The summed E-state index contributed by atoms with van der Waals surface area (Å²) in [6.07, 6.45) is 8.62. The van der Waals surface area contributed by atoms with E-state index in [2.05, 4.69) is 26.4 Å². The van der Waals surface area contributed by atoms with Crippen LogP contribution in [0.1, 0.15) is 47.9 Å². The third-order valence-corrected chi connectivity index (χ3v) is 5.47. The Morgan fingerprint density at radius 2 is 2.25 bits per heavy atom. The van der Waals surface area contributed by atoms with Crippen molar-refractivity contribution in [3.05, 3.63) is 41.6 Å². The van der Waals surface area contributed by atoms with Crippen LogP contribution in [0.25, 0.3) is 10.3 Å². The fraction of sp³-hybridized carbons (Fsp3) is 0.412. The van der Waals surface area contributed by atoms with Crippen LogP contribution in [0.5, 0.6) is 0 Å². The number of rotatable bonds is 3. The van der Waals surface area contributed by atoms with Gasteiger partial charge in [-0.3, -0.25) is 4.79 Å². The van der Waals surface area contributed by atoms with Gasteiger partial charge in [-0.25, -0.2) is 15.0 Å². The highest BCUT2D eigenvalue weighted by Crippen LogP contribution is 2.32. The van der Waals surface area contributed by atoms with Crippen molar-refractivity contribution in [2.45, 2.75) is 38.8 Å². The number of piperidine rings is 1. The fourth-order valence-corrected chi connectivity index (χ4v) is 4.18. The maximum atomic E-state index is 13.1. The average Bonchev–Trinajstić information content (AvgIpc) is 3.27. The molecule has 3 aromatic heterocycles. The van der Waals surface area contributed by atoms with Crippen LogP contribution in [-0.4, -0.2) is 36.9 Å². The number of pyridine rings is 1. The van der Waals surface area contributed by atoms with Gasteiger partial charge in [-0.1, -0.05) is 11.3 Å². The van der Waals surface area contributed by atoms with Crippen molar-refractivity contribution in [1.82, 2.24) is 24.4 Å². The largest absolute Gasteiger partial charge is 0.333 e. The Kier molecular flexibility index (Phi) is 4.02. The van der Waals surface area contributed by atoms with Crippen LogP contribution in [0.2, 0.25) is 0 Å². The molecule has 0 radical (unpaired) electrons. The van der Waals surface area contributed by atoms with E-state index < -0.39 is 0 Å². The Labute approximate surface area is 144 Å². The normalized spacial score (nSPS) is 18.2. The summed E-state index contributed by atoms with van der Waals surface area (Å²) in [5.74, 6) is 0.970. The molecule has 1 unspecified atom stereocenters. The lowest BCUT2D eigenvalue weighted by Gasteiger charge is -2.34. The number of nitrogens with zero attached hydrogens (tertiary/aromatic N) is 5. The van der Waals surface area contributed by atoms with Gasteiger partial charge >= 0.3 is 0 Å². The molecule has 0 aliphatic carbocycles. The van der Waals surface area contributed by atoms with Crippen LogP contribution in [0.15, 0.2) is 30.7 Å². The zero-order chi connectivity index (χ0) is 16.5. The minimum Gasteiger partial charge on any atom is -0.333 e. The monoisotopic (exact) mass is 341 g/mol. The summed E-state index contributed by atoms with van der Waals surface area (Å²) in [7, 11) is 0. The fourth-order valence-electron chi connectivity index (χ4n) is 3.31. The van der Waals surface area contributed by atoms with Crippen LogP contribution in [0.4, 0.5) is 0 Å². The second kappa shape index (κ2) is 6.32. The molecule has 1 saturated heterocycles. The molecule has 6 nitrogen and oxygen atoms in total. The van der Waals surface area contributed by atoms with Crippen molar-refractivity contribution in [2.75, 3.05) is 6.54 Å². The lowest BCUT2D eigenvalue weighted by atomic mass is 10.0. The summed E-state index contributed by atoms with van der Waals surface area (Å²) in [4.78, 5) is 29.1. The van der Waals surface area contributed by atoms with Gasteiger partial charge in [-0.05, 0) is 38.3 Å². The van der Waals surface area contributed by atoms with E-state index in [1.165, 1.54) is 11.3 Å². The lowest BCUT2D eigenvalue weighted by Crippen LogP contribution is -2.39. The summed E-state index contributed by atoms with van der Waals surface area (Å²) in [6.45, 7) is 3.71. The van der Waals surface area contributed by atoms with Crippen LogP contribution in [0, 0.1) is 0 Å². The van der Waals surface area contributed by atoms with Crippen molar-refractivity contribution in [3.63, 3.8) is 0 Å². The van der Waals surface area contributed by atoms with Gasteiger partial charge in [0.05, 0.1) is 6.04 Å². The van der Waals surface area contributed by atoms with Gasteiger partial charge in [0.15, 0.2) is 5.01 Å². The molecule has 24 heavy (non-hydrogen) atoms. The van der Waals surface area contributed by atoms with Crippen molar-refractivity contribution in [3.8, 4) is 0 Å². The molecular formula is C17H19N5OS. The molecule has 0 spiro atoms. The molecule has 3 aromatic rings. The smallest absolute Gasteiger partial charge is 0.283 e. The molecule has 124 valence electrons. The van der Waals surface area contributed by atoms with Gasteiger partial charge in [0.1, 0.15) is 16.2 Å². The van der Waals surface area contributed by atoms with E-state index in [0.29, 0.717) is 5.01 Å². The van der Waals surface area contributed by atoms with Crippen molar-refractivity contribution >= 4 is 27.6 Å². The summed E-state index contributed by atoms with van der Waals surface area (Å²) < 4.78 is 2.12. The first-order chi connectivity index (χ1) is 11.8. The molecule has 1 fully saturated rings. The number of amides is 1. The van der Waals surface area contributed by atoms with Crippen molar-refractivity contribution < 1.29 is 4.79 Å². The zero-order valence-corrected chi connectivity index (χ0v) is 14.4. The SMILES string of the molecule is CCn1ccnc1C1CCCCN1C(=O)c1nc2cccnc2s1. The molecule has 0 saturated carbocycles. The Hall–Kier alpha value is -2.28. The third kappa shape index (κ3) is 2.58. The number of aromatic nitrogens is 4. The number of likely N-dealkylation sites (tertiary alicyclic amines) is 1. The number of aryl methyl sites for hydroxylation is 1. The molecule has 0 bridgehead atoms. The number of imidazole rings is 1. The standard InChI is InChI=1S/C17H19N5OS/c1-2-21-11-9-18-14(21)13-7-3-4-10-22(13)17(23)16-20-12-6-5-8-19-15(12)24-16/h5-6,8-9,11,13H,2-4,7,10H2,1H3. The topological polar surface area (TPSA) is 63.9 Å². The number of hydrogen-bond donors (Lipinski definition) is 0. The van der Waals surface area contributed by atoms with E-state index in [0.717, 1.165) is 48.5 Å². The van der Waals surface area contributed by atoms with Gasteiger partial charge < -0.3 is 9.47 Å². The zero-order valence-electron chi connectivity index (χ0n) is 13.6. The Bertz CT molecular complexity index is 838. The third-order valence-electron chi connectivity index (χ3n) is 4.50. The first-order valence-corrected chi connectivity index (χ1v) is 9.13. The first kappa shape index (κ1) is 15.3. The van der Waals surface area contributed by atoms with Gasteiger partial charge in [0.2, 0.25) is 0 Å². The number of carbonyl (C=O) groups excluding carboxylic acids is 1. The van der Waals surface area contributed by atoms with E-state index in [-0.39, 0.29) is 11.9 Å². The average molecular weight is 341 g/mol. The first-order valence-electron chi connectivity index (χ1n) is 8.31. The van der Waals surface area contributed by atoms with E-state index >= 15 is 0 Å². The Morgan fingerprint density at radius 3 is 3.08 bits per heavy atom. The highest BCUT2D eigenvalue weighted by atomic mass is 32.1. The molecule has 1 amide bonds. The van der Waals surface area contributed by atoms with Crippen LogP contribution in [0.3, 0.4) is 0 Å². The predicted molar refractivity (Wildman–Crippen MR) is 92.9 cm³/mol. The number of carbonyl (C=O) groups is 1. The Balaban J connectivity index is 1.68. The van der Waals surface area contributed by atoms with Crippen molar-refractivity contribution in [2.24, 2.45) is 0 Å². The molecule has 4 heterocycles. The lowest BCUT2D eigenvalue weighted by molar-refractivity contribution is 0.0595. The molecule has 0 aromatic carbocycles. The van der Waals surface area contributed by atoms with Crippen LogP contribution in [-0.2, 0) is 6.54 Å². The summed E-state index contributed by atoms with van der Waals surface area (Å²) >= 11 is 1.37. The van der Waals surface area contributed by atoms with Crippen molar-refractivity contribution in [1.29, 1.82) is 0 Å². The molecule has 4 rings (SSSR count). The summed E-state index contributed by atoms with van der Waals surface area (Å²) in [5.41, 5.74) is 0.787. The molecule has 0 N–H and O–H groups in total. The number of thiazole rings is 1. The van der Waals surface area contributed by atoms with Crippen LogP contribution >= 0.6 is 11.3 Å². The van der Waals surface area contributed by atoms with E-state index in [9.17, 15) is 4.79 Å². The molecule has 1 atom stereocenters. The highest BCUT2D eigenvalue weighted by molar-refractivity contribution is 7.19. The van der Waals surface area contributed by atoms with Gasteiger partial charge in [0, 0.05) is 31.7 Å². The van der Waals surface area contributed by atoms with E-state index in [1.807, 2.05) is 29.4 Å². The minimum absolute atomic E-state index is 0.00615. The molecule has 1 aliphatic heterocycles. The Morgan fingerprint density at radius 1 is 1.33 bits per heavy atom. The highest BCUT2D eigenvalue weighted by Gasteiger charge is 2.32. The molecule has 1 aliphatic rings. The number of fused-ring (bicyclic) bond motifs is 1. The molecular weight excluding hydrogens is 322 g/mol. The van der Waals surface area contributed by atoms with Gasteiger partial charge in [-0.15, -0.1) is 0 Å². The van der Waals surface area contributed by atoms with Crippen LogP contribution < -0.4 is 0 Å². The summed E-state index contributed by atoms with van der Waals surface area (Å²) in [5, 5.41) is 0.519. The van der Waals surface area contributed by atoms with Gasteiger partial charge in [-0.2, -0.15) is 0 Å². The molecule has 7 heteroatoms. The predicted octanol–water partition coefficient (Wildman–Crippen LogP) is 3.28. The summed E-state index contributed by atoms with van der Waals surface area (Å²) in [6, 6.07) is 3.77. The second-order valence-electron chi connectivity index (χ2n) is 5.93. The quantitative estimate of drug-likeness (QED) is 0.733. The minimum atomic E-state index is -0.00615. The van der Waals surface area contributed by atoms with E-state index in [1.54, 1.807) is 6.20 Å². The number of hydrogen-bond acceptors (Lipinski definition) is 5.